The lowest BCUT2D eigenvalue weighted by molar-refractivity contribution is 0.476. The molecule has 2 heterocycles. The summed E-state index contributed by atoms with van der Waals surface area (Å²) in [5.41, 5.74) is 2.96. The van der Waals surface area contributed by atoms with Crippen LogP contribution in [0.5, 0.6) is 5.75 Å². The number of nitrogens with one attached hydrogen (secondary N) is 1. The Morgan fingerprint density at radius 1 is 1.24 bits per heavy atom. The van der Waals surface area contributed by atoms with E-state index in [1.807, 2.05) is 18.3 Å². The number of aromatic nitrogens is 3. The van der Waals surface area contributed by atoms with Crippen molar-refractivity contribution in [2.75, 3.05) is 0 Å². The van der Waals surface area contributed by atoms with E-state index in [0.29, 0.717) is 0 Å². The summed E-state index contributed by atoms with van der Waals surface area (Å²) in [6.45, 7) is 0. The standard InChI is InChI=1S/C13H11N3O/c17-10-3-4-12-11(7-10)13(16-15-12)6-9-2-1-5-14-8-9/h1-5,7-8,17H,6H2,(H,15,16). The summed E-state index contributed by atoms with van der Waals surface area (Å²) in [6.07, 6.45) is 4.31. The lowest BCUT2D eigenvalue weighted by Crippen LogP contribution is -1.89. The van der Waals surface area contributed by atoms with Crippen LogP contribution in [0, 0.1) is 0 Å². The number of H-pyrrole nitrogens is 1. The first-order valence-corrected chi connectivity index (χ1v) is 5.38. The maximum Gasteiger partial charge on any atom is 0.116 e. The normalized spacial score (nSPS) is 10.8. The Morgan fingerprint density at radius 3 is 3.00 bits per heavy atom. The average molecular weight is 225 g/mol. The van der Waals surface area contributed by atoms with Crippen molar-refractivity contribution in [2.45, 2.75) is 6.42 Å². The van der Waals surface area contributed by atoms with E-state index in [2.05, 4.69) is 15.2 Å². The first-order valence-electron chi connectivity index (χ1n) is 5.38. The van der Waals surface area contributed by atoms with E-state index in [9.17, 15) is 5.11 Å². The fourth-order valence-corrected chi connectivity index (χ4v) is 1.89. The lowest BCUT2D eigenvalue weighted by atomic mass is 10.1. The molecule has 0 aliphatic rings. The Bertz CT molecular complexity index is 646. The van der Waals surface area contributed by atoms with Gasteiger partial charge < -0.3 is 5.11 Å². The van der Waals surface area contributed by atoms with Gasteiger partial charge in [-0.15, -0.1) is 0 Å². The van der Waals surface area contributed by atoms with Gasteiger partial charge in [0, 0.05) is 29.9 Å². The van der Waals surface area contributed by atoms with Crippen molar-refractivity contribution < 1.29 is 5.11 Å². The summed E-state index contributed by atoms with van der Waals surface area (Å²) in [7, 11) is 0. The Hall–Kier alpha value is -2.36. The van der Waals surface area contributed by atoms with Crippen molar-refractivity contribution in [1.82, 2.24) is 15.2 Å². The maximum atomic E-state index is 9.49. The summed E-state index contributed by atoms with van der Waals surface area (Å²) in [4.78, 5) is 4.08. The van der Waals surface area contributed by atoms with Crippen LogP contribution in [-0.2, 0) is 6.42 Å². The topological polar surface area (TPSA) is 61.8 Å². The van der Waals surface area contributed by atoms with Gasteiger partial charge >= 0.3 is 0 Å². The minimum atomic E-state index is 0.256. The molecule has 4 heteroatoms. The monoisotopic (exact) mass is 225 g/mol. The number of benzene rings is 1. The molecule has 2 aromatic heterocycles. The lowest BCUT2D eigenvalue weighted by Gasteiger charge is -1.99. The highest BCUT2D eigenvalue weighted by atomic mass is 16.3. The van der Waals surface area contributed by atoms with Gasteiger partial charge in [0.2, 0.25) is 0 Å². The van der Waals surface area contributed by atoms with Gasteiger partial charge in [-0.3, -0.25) is 10.1 Å². The van der Waals surface area contributed by atoms with E-state index in [1.165, 1.54) is 0 Å². The molecule has 2 N–H and O–H groups in total. The Kier molecular flexibility index (Phi) is 2.26. The highest BCUT2D eigenvalue weighted by Crippen LogP contribution is 2.22. The molecular weight excluding hydrogens is 214 g/mol. The van der Waals surface area contributed by atoms with Crippen LogP contribution in [0.25, 0.3) is 10.9 Å². The van der Waals surface area contributed by atoms with E-state index in [4.69, 9.17) is 0 Å². The number of nitrogens with zero attached hydrogens (tertiary/aromatic N) is 2. The van der Waals surface area contributed by atoms with Crippen LogP contribution in [0.2, 0.25) is 0 Å². The quantitative estimate of drug-likeness (QED) is 0.703. The molecule has 0 bridgehead atoms. The van der Waals surface area contributed by atoms with Crippen molar-refractivity contribution in [3.05, 3.63) is 54.0 Å². The molecule has 0 unspecified atom stereocenters. The second-order valence-corrected chi connectivity index (χ2v) is 3.94. The zero-order valence-electron chi connectivity index (χ0n) is 9.09. The largest absolute Gasteiger partial charge is 0.508 e. The molecule has 0 aliphatic carbocycles. The molecular formula is C13H11N3O. The van der Waals surface area contributed by atoms with Gasteiger partial charge in [0.05, 0.1) is 5.52 Å². The Morgan fingerprint density at radius 2 is 2.18 bits per heavy atom. The zero-order chi connectivity index (χ0) is 11.7. The van der Waals surface area contributed by atoms with Gasteiger partial charge in [-0.05, 0) is 29.8 Å². The number of aromatic hydroxyl groups is 1. The molecule has 0 atom stereocenters. The first kappa shape index (κ1) is 9.84. The maximum absolute atomic E-state index is 9.49. The number of phenols is 1. The number of aromatic amines is 1. The molecule has 1 aromatic carbocycles. The molecule has 0 saturated carbocycles. The van der Waals surface area contributed by atoms with Crippen LogP contribution < -0.4 is 0 Å². The molecule has 0 radical (unpaired) electrons. The summed E-state index contributed by atoms with van der Waals surface area (Å²) < 4.78 is 0. The van der Waals surface area contributed by atoms with Crippen LogP contribution in [0.1, 0.15) is 11.3 Å². The van der Waals surface area contributed by atoms with Crippen LogP contribution in [0.15, 0.2) is 42.7 Å². The van der Waals surface area contributed by atoms with Crippen molar-refractivity contribution in [1.29, 1.82) is 0 Å². The first-order chi connectivity index (χ1) is 8.33. The highest BCUT2D eigenvalue weighted by molar-refractivity contribution is 5.83. The number of fused-ring (bicyclic) bond motifs is 1. The number of hydrogen-bond donors (Lipinski definition) is 2. The van der Waals surface area contributed by atoms with Crippen LogP contribution in [0.4, 0.5) is 0 Å². The van der Waals surface area contributed by atoms with E-state index < -0.39 is 0 Å². The molecule has 0 amide bonds. The smallest absolute Gasteiger partial charge is 0.116 e. The SMILES string of the molecule is Oc1ccc2n[nH]c(Cc3cccnc3)c2c1. The fraction of sp³-hybridized carbons (Fsp3) is 0.0769. The minimum absolute atomic E-state index is 0.256. The third-order valence-electron chi connectivity index (χ3n) is 2.72. The van der Waals surface area contributed by atoms with Gasteiger partial charge in [-0.1, -0.05) is 6.07 Å². The average Bonchev–Trinajstić information content (AvgIpc) is 2.73. The molecule has 0 aliphatic heterocycles. The third-order valence-corrected chi connectivity index (χ3v) is 2.72. The zero-order valence-corrected chi connectivity index (χ0v) is 9.09. The number of rotatable bonds is 2. The number of hydrogen-bond acceptors (Lipinski definition) is 3. The van der Waals surface area contributed by atoms with Gasteiger partial charge in [0.1, 0.15) is 5.75 Å². The predicted molar refractivity (Wildman–Crippen MR) is 64.8 cm³/mol. The molecule has 0 fully saturated rings. The highest BCUT2D eigenvalue weighted by Gasteiger charge is 2.06. The molecule has 0 spiro atoms. The summed E-state index contributed by atoms with van der Waals surface area (Å²) in [5, 5.41) is 17.6. The molecule has 84 valence electrons. The second-order valence-electron chi connectivity index (χ2n) is 3.94. The van der Waals surface area contributed by atoms with Crippen molar-refractivity contribution in [3.8, 4) is 5.75 Å². The predicted octanol–water partition coefficient (Wildman–Crippen LogP) is 2.25. The Balaban J connectivity index is 2.03. The molecule has 3 aromatic rings. The van der Waals surface area contributed by atoms with Gasteiger partial charge in [0.25, 0.3) is 0 Å². The second kappa shape index (κ2) is 3.90. The molecule has 0 saturated heterocycles. The molecule has 17 heavy (non-hydrogen) atoms. The summed E-state index contributed by atoms with van der Waals surface area (Å²) in [5.74, 6) is 0.256. The van der Waals surface area contributed by atoms with E-state index >= 15 is 0 Å². The van der Waals surface area contributed by atoms with Gasteiger partial charge in [-0.25, -0.2) is 0 Å². The van der Waals surface area contributed by atoms with Gasteiger partial charge in [-0.2, -0.15) is 5.10 Å². The van der Waals surface area contributed by atoms with Crippen molar-refractivity contribution in [3.63, 3.8) is 0 Å². The summed E-state index contributed by atoms with van der Waals surface area (Å²) in [6, 6.07) is 9.09. The fourth-order valence-electron chi connectivity index (χ4n) is 1.89. The van der Waals surface area contributed by atoms with Crippen LogP contribution >= 0.6 is 0 Å². The van der Waals surface area contributed by atoms with Crippen LogP contribution in [-0.4, -0.2) is 20.3 Å². The molecule has 3 rings (SSSR count). The Labute approximate surface area is 97.9 Å². The number of pyridine rings is 1. The van der Waals surface area contributed by atoms with E-state index in [0.717, 1.165) is 28.6 Å². The third kappa shape index (κ3) is 1.85. The van der Waals surface area contributed by atoms with Gasteiger partial charge in [0.15, 0.2) is 0 Å². The van der Waals surface area contributed by atoms with Crippen molar-refractivity contribution >= 4 is 10.9 Å². The van der Waals surface area contributed by atoms with Crippen LogP contribution in [0.3, 0.4) is 0 Å². The number of phenolic OH excluding ortho intramolecular Hbond substituents is 1. The van der Waals surface area contributed by atoms with E-state index in [-0.39, 0.29) is 5.75 Å². The summed E-state index contributed by atoms with van der Waals surface area (Å²) >= 11 is 0. The van der Waals surface area contributed by atoms with Crippen molar-refractivity contribution in [2.24, 2.45) is 0 Å². The minimum Gasteiger partial charge on any atom is -0.508 e. The van der Waals surface area contributed by atoms with E-state index in [1.54, 1.807) is 24.4 Å². The molecule has 4 nitrogen and oxygen atoms in total.